The molecule has 0 saturated carbocycles. The summed E-state index contributed by atoms with van der Waals surface area (Å²) in [5.74, 6) is 0.107. The van der Waals surface area contributed by atoms with Gasteiger partial charge >= 0.3 is 0 Å². The first-order chi connectivity index (χ1) is 12.9. The molecule has 136 valence electrons. The van der Waals surface area contributed by atoms with Crippen LogP contribution in [0, 0.1) is 18.3 Å². The molecule has 2 aromatic heterocycles. The quantitative estimate of drug-likeness (QED) is 0.764. The molecule has 0 unspecified atom stereocenters. The van der Waals surface area contributed by atoms with E-state index in [0.717, 1.165) is 33.9 Å². The predicted molar refractivity (Wildman–Crippen MR) is 101 cm³/mol. The van der Waals surface area contributed by atoms with Gasteiger partial charge < -0.3 is 14.8 Å². The van der Waals surface area contributed by atoms with Crippen molar-refractivity contribution in [2.45, 2.75) is 26.6 Å². The maximum absolute atomic E-state index is 9.10. The van der Waals surface area contributed by atoms with Crippen molar-refractivity contribution in [1.82, 2.24) is 14.6 Å². The summed E-state index contributed by atoms with van der Waals surface area (Å²) in [6.07, 6.45) is 3.16. The number of aryl methyl sites for hydroxylation is 1. The molecule has 0 radical (unpaired) electrons. The number of nitriles is 1. The average Bonchev–Trinajstić information content (AvgIpc) is 3.25. The molecule has 1 N–H and O–H groups in total. The molecule has 1 aliphatic rings. The number of aromatic nitrogens is 3. The van der Waals surface area contributed by atoms with Gasteiger partial charge in [0.05, 0.1) is 23.9 Å². The highest BCUT2D eigenvalue weighted by Gasteiger charge is 2.27. The van der Waals surface area contributed by atoms with Crippen LogP contribution in [0.15, 0.2) is 48.7 Å². The van der Waals surface area contributed by atoms with Gasteiger partial charge in [0.25, 0.3) is 0 Å². The van der Waals surface area contributed by atoms with Crippen molar-refractivity contribution in [3.8, 4) is 17.3 Å². The molecule has 0 saturated heterocycles. The smallest absolute Gasteiger partial charge is 0.244 e. The van der Waals surface area contributed by atoms with Gasteiger partial charge in [-0.1, -0.05) is 6.07 Å². The SMILES string of the molecule is Cc1cc(C#N)ccc1-c1cc(NCC2=COC(C)(C)O2)cc2ncnn12. The number of hydrogen-bond acceptors (Lipinski definition) is 6. The lowest BCUT2D eigenvalue weighted by Crippen LogP contribution is -2.21. The van der Waals surface area contributed by atoms with Gasteiger partial charge in [-0.3, -0.25) is 0 Å². The van der Waals surface area contributed by atoms with Gasteiger partial charge in [0, 0.05) is 31.2 Å². The number of benzene rings is 1. The molecule has 0 bridgehead atoms. The number of ether oxygens (including phenoxy) is 2. The van der Waals surface area contributed by atoms with Crippen molar-refractivity contribution < 1.29 is 9.47 Å². The number of hydrogen-bond donors (Lipinski definition) is 1. The molecule has 0 fully saturated rings. The minimum absolute atomic E-state index is 0.500. The molecule has 0 aliphatic carbocycles. The Hall–Kier alpha value is -3.53. The van der Waals surface area contributed by atoms with Gasteiger partial charge in [0.15, 0.2) is 11.4 Å². The normalized spacial score (nSPS) is 15.0. The fourth-order valence-corrected chi connectivity index (χ4v) is 3.08. The van der Waals surface area contributed by atoms with E-state index in [9.17, 15) is 0 Å². The molecular formula is C20H19N5O2. The third-order valence-corrected chi connectivity index (χ3v) is 4.33. The Bertz CT molecular complexity index is 1090. The molecule has 7 heteroatoms. The molecule has 27 heavy (non-hydrogen) atoms. The van der Waals surface area contributed by atoms with Crippen LogP contribution in [0.3, 0.4) is 0 Å². The summed E-state index contributed by atoms with van der Waals surface area (Å²) in [7, 11) is 0. The van der Waals surface area contributed by atoms with Gasteiger partial charge in [0.1, 0.15) is 12.6 Å². The number of nitrogens with zero attached hydrogens (tertiary/aromatic N) is 4. The Morgan fingerprint density at radius 1 is 1.26 bits per heavy atom. The van der Waals surface area contributed by atoms with E-state index in [1.165, 1.54) is 6.33 Å². The standard InChI is InChI=1S/C20H19N5O2/c1-13-6-14(9-21)4-5-17(13)18-7-15(8-19-23-12-24-25(18)19)22-10-16-11-26-20(2,3)27-16/h4-8,11-12,22H,10H2,1-3H3. The Kier molecular flexibility index (Phi) is 3.96. The Labute approximate surface area is 156 Å². The van der Waals surface area contributed by atoms with Crippen molar-refractivity contribution in [3.63, 3.8) is 0 Å². The average molecular weight is 361 g/mol. The Balaban J connectivity index is 1.67. The van der Waals surface area contributed by atoms with E-state index >= 15 is 0 Å². The fourth-order valence-electron chi connectivity index (χ4n) is 3.08. The van der Waals surface area contributed by atoms with Crippen LogP contribution in [0.4, 0.5) is 5.69 Å². The van der Waals surface area contributed by atoms with E-state index in [1.807, 2.05) is 51.1 Å². The molecule has 3 heterocycles. The maximum atomic E-state index is 9.10. The van der Waals surface area contributed by atoms with Crippen LogP contribution in [0.1, 0.15) is 25.0 Å². The molecule has 0 atom stereocenters. The predicted octanol–water partition coefficient (Wildman–Crippen LogP) is 3.61. The molecule has 3 aromatic rings. The molecule has 1 aromatic carbocycles. The molecule has 0 spiro atoms. The second kappa shape index (κ2) is 6.32. The monoisotopic (exact) mass is 361 g/mol. The first-order valence-corrected chi connectivity index (χ1v) is 8.60. The maximum Gasteiger partial charge on any atom is 0.244 e. The Morgan fingerprint density at radius 3 is 2.81 bits per heavy atom. The summed E-state index contributed by atoms with van der Waals surface area (Å²) in [4.78, 5) is 4.32. The van der Waals surface area contributed by atoms with E-state index in [2.05, 4.69) is 21.5 Å². The summed E-state index contributed by atoms with van der Waals surface area (Å²) in [5, 5.41) is 16.8. The lowest BCUT2D eigenvalue weighted by molar-refractivity contribution is -0.116. The van der Waals surface area contributed by atoms with Crippen LogP contribution in [-0.4, -0.2) is 26.9 Å². The third kappa shape index (κ3) is 3.29. The van der Waals surface area contributed by atoms with E-state index in [4.69, 9.17) is 14.7 Å². The topological polar surface area (TPSA) is 84.5 Å². The summed E-state index contributed by atoms with van der Waals surface area (Å²) in [6, 6.07) is 11.7. The van der Waals surface area contributed by atoms with Crippen LogP contribution in [0.5, 0.6) is 0 Å². The van der Waals surface area contributed by atoms with Gasteiger partial charge in [-0.25, -0.2) is 9.50 Å². The highest BCUT2D eigenvalue weighted by atomic mass is 16.7. The summed E-state index contributed by atoms with van der Waals surface area (Å²) in [5.41, 5.74) is 5.15. The second-order valence-electron chi connectivity index (χ2n) is 6.86. The van der Waals surface area contributed by atoms with Gasteiger partial charge in [0.2, 0.25) is 5.79 Å². The van der Waals surface area contributed by atoms with Crippen molar-refractivity contribution in [2.75, 3.05) is 11.9 Å². The van der Waals surface area contributed by atoms with Crippen molar-refractivity contribution >= 4 is 11.3 Å². The number of anilines is 1. The molecule has 0 amide bonds. The zero-order chi connectivity index (χ0) is 19.0. The molecule has 7 nitrogen and oxygen atoms in total. The number of fused-ring (bicyclic) bond motifs is 1. The largest absolute Gasteiger partial charge is 0.457 e. The second-order valence-corrected chi connectivity index (χ2v) is 6.86. The van der Waals surface area contributed by atoms with Crippen molar-refractivity contribution in [1.29, 1.82) is 5.26 Å². The minimum Gasteiger partial charge on any atom is -0.457 e. The lowest BCUT2D eigenvalue weighted by atomic mass is 10.0. The first-order valence-electron chi connectivity index (χ1n) is 8.60. The van der Waals surface area contributed by atoms with E-state index < -0.39 is 5.79 Å². The zero-order valence-corrected chi connectivity index (χ0v) is 15.4. The minimum atomic E-state index is -0.626. The Morgan fingerprint density at radius 2 is 2.11 bits per heavy atom. The number of pyridine rings is 1. The van der Waals surface area contributed by atoms with Gasteiger partial charge in [-0.15, -0.1) is 0 Å². The first kappa shape index (κ1) is 16.9. The summed E-state index contributed by atoms with van der Waals surface area (Å²) >= 11 is 0. The van der Waals surface area contributed by atoms with Crippen LogP contribution in [-0.2, 0) is 9.47 Å². The zero-order valence-electron chi connectivity index (χ0n) is 15.4. The third-order valence-electron chi connectivity index (χ3n) is 4.33. The fraction of sp³-hybridized carbons (Fsp3) is 0.250. The highest BCUT2D eigenvalue weighted by Crippen LogP contribution is 2.29. The molecule has 1 aliphatic heterocycles. The molecule has 4 rings (SSSR count). The molecular weight excluding hydrogens is 342 g/mol. The van der Waals surface area contributed by atoms with Crippen LogP contribution < -0.4 is 5.32 Å². The summed E-state index contributed by atoms with van der Waals surface area (Å²) < 4.78 is 13.0. The van der Waals surface area contributed by atoms with E-state index in [0.29, 0.717) is 12.1 Å². The van der Waals surface area contributed by atoms with E-state index in [-0.39, 0.29) is 0 Å². The van der Waals surface area contributed by atoms with Gasteiger partial charge in [-0.05, 0) is 30.7 Å². The van der Waals surface area contributed by atoms with Crippen LogP contribution >= 0.6 is 0 Å². The lowest BCUT2D eigenvalue weighted by Gasteiger charge is -2.18. The van der Waals surface area contributed by atoms with E-state index in [1.54, 1.807) is 10.8 Å². The summed E-state index contributed by atoms with van der Waals surface area (Å²) in [6.45, 7) is 6.21. The van der Waals surface area contributed by atoms with Crippen molar-refractivity contribution in [2.24, 2.45) is 0 Å². The number of rotatable bonds is 4. The van der Waals surface area contributed by atoms with Crippen LogP contribution in [0.25, 0.3) is 16.9 Å². The van der Waals surface area contributed by atoms with Gasteiger partial charge in [-0.2, -0.15) is 10.4 Å². The van der Waals surface area contributed by atoms with Crippen molar-refractivity contribution in [3.05, 3.63) is 59.8 Å². The highest BCUT2D eigenvalue weighted by molar-refractivity contribution is 5.72. The van der Waals surface area contributed by atoms with Crippen LogP contribution in [0.2, 0.25) is 0 Å². The number of nitrogens with one attached hydrogen (secondary N) is 1.